The van der Waals surface area contributed by atoms with E-state index in [4.69, 9.17) is 0 Å². The molecule has 3 nitrogen and oxygen atoms in total. The van der Waals surface area contributed by atoms with Gasteiger partial charge < -0.3 is 5.32 Å². The van der Waals surface area contributed by atoms with Crippen molar-refractivity contribution in [2.75, 3.05) is 12.4 Å². The van der Waals surface area contributed by atoms with Gasteiger partial charge in [-0.1, -0.05) is 43.8 Å². The van der Waals surface area contributed by atoms with E-state index in [9.17, 15) is 0 Å². The highest BCUT2D eigenvalue weighted by Crippen LogP contribution is 2.30. The number of aromatic nitrogens is 2. The van der Waals surface area contributed by atoms with Gasteiger partial charge in [-0.15, -0.1) is 0 Å². The summed E-state index contributed by atoms with van der Waals surface area (Å²) < 4.78 is 0. The van der Waals surface area contributed by atoms with Crippen molar-refractivity contribution >= 4 is 17.6 Å². The summed E-state index contributed by atoms with van der Waals surface area (Å²) in [7, 11) is 1.88. The van der Waals surface area contributed by atoms with Gasteiger partial charge in [0.15, 0.2) is 0 Å². The summed E-state index contributed by atoms with van der Waals surface area (Å²) in [5, 5.41) is 4.08. The number of hydrogen-bond acceptors (Lipinski definition) is 4. The van der Waals surface area contributed by atoms with Crippen LogP contribution in [0, 0.1) is 6.92 Å². The normalized spacial score (nSPS) is 10.8. The number of benzene rings is 1. The van der Waals surface area contributed by atoms with Gasteiger partial charge >= 0.3 is 0 Å². The third-order valence-electron chi connectivity index (χ3n) is 2.80. The summed E-state index contributed by atoms with van der Waals surface area (Å²) >= 11 is 1.68. The standard InChI is InChI=1S/C15H19N3S/c1-10(2)15-17-13(16-4)9-14(18-15)19-12-8-6-5-7-11(12)3/h5-10H,1-4H3,(H,16,17,18). The number of nitrogens with one attached hydrogen (secondary N) is 1. The van der Waals surface area contributed by atoms with Gasteiger partial charge in [0.2, 0.25) is 0 Å². The van der Waals surface area contributed by atoms with E-state index in [1.807, 2.05) is 13.1 Å². The molecule has 0 bridgehead atoms. The Balaban J connectivity index is 2.34. The number of hydrogen-bond donors (Lipinski definition) is 1. The lowest BCUT2D eigenvalue weighted by Crippen LogP contribution is -2.02. The molecule has 1 heterocycles. The Hall–Kier alpha value is -1.55. The third kappa shape index (κ3) is 3.47. The lowest BCUT2D eigenvalue weighted by Gasteiger charge is -2.10. The largest absolute Gasteiger partial charge is 0.373 e. The average Bonchev–Trinajstić information content (AvgIpc) is 2.41. The maximum Gasteiger partial charge on any atom is 0.134 e. The SMILES string of the molecule is CNc1cc(Sc2ccccc2C)nc(C(C)C)n1. The first kappa shape index (κ1) is 13.9. The van der Waals surface area contributed by atoms with E-state index < -0.39 is 0 Å². The summed E-state index contributed by atoms with van der Waals surface area (Å²) in [6.45, 7) is 6.33. The van der Waals surface area contributed by atoms with Crippen LogP contribution < -0.4 is 5.32 Å². The Labute approximate surface area is 118 Å². The summed E-state index contributed by atoms with van der Waals surface area (Å²) in [5.74, 6) is 2.07. The van der Waals surface area contributed by atoms with Crippen molar-refractivity contribution in [3.8, 4) is 0 Å². The molecular formula is C15H19N3S. The van der Waals surface area contributed by atoms with Crippen LogP contribution in [0.15, 0.2) is 40.3 Å². The first-order chi connectivity index (χ1) is 9.10. The number of anilines is 1. The molecule has 0 atom stereocenters. The summed E-state index contributed by atoms with van der Waals surface area (Å²) in [4.78, 5) is 10.3. The predicted molar refractivity (Wildman–Crippen MR) is 81.0 cm³/mol. The monoisotopic (exact) mass is 273 g/mol. The third-order valence-corrected chi connectivity index (χ3v) is 3.90. The molecule has 0 radical (unpaired) electrons. The van der Waals surface area contributed by atoms with E-state index >= 15 is 0 Å². The quantitative estimate of drug-likeness (QED) is 0.851. The summed E-state index contributed by atoms with van der Waals surface area (Å²) in [6.07, 6.45) is 0. The Morgan fingerprint density at radius 1 is 1.16 bits per heavy atom. The fourth-order valence-electron chi connectivity index (χ4n) is 1.66. The lowest BCUT2D eigenvalue weighted by atomic mass is 10.2. The molecule has 0 aliphatic carbocycles. The molecule has 100 valence electrons. The second-order valence-electron chi connectivity index (χ2n) is 4.72. The molecule has 2 aromatic rings. The van der Waals surface area contributed by atoms with Gasteiger partial charge in [-0.05, 0) is 18.6 Å². The van der Waals surface area contributed by atoms with E-state index in [0.29, 0.717) is 5.92 Å². The fraction of sp³-hybridized carbons (Fsp3) is 0.333. The van der Waals surface area contributed by atoms with Crippen LogP contribution >= 0.6 is 11.8 Å². The zero-order chi connectivity index (χ0) is 13.8. The first-order valence-electron chi connectivity index (χ1n) is 6.40. The number of aryl methyl sites for hydroxylation is 1. The highest BCUT2D eigenvalue weighted by Gasteiger charge is 2.09. The van der Waals surface area contributed by atoms with Gasteiger partial charge in [0.05, 0.1) is 0 Å². The maximum atomic E-state index is 4.63. The molecule has 1 aromatic heterocycles. The highest BCUT2D eigenvalue weighted by atomic mass is 32.2. The Bertz CT molecular complexity index is 567. The van der Waals surface area contributed by atoms with Crippen molar-refractivity contribution in [1.29, 1.82) is 0 Å². The molecule has 19 heavy (non-hydrogen) atoms. The lowest BCUT2D eigenvalue weighted by molar-refractivity contribution is 0.755. The highest BCUT2D eigenvalue weighted by molar-refractivity contribution is 7.99. The van der Waals surface area contributed by atoms with Gasteiger partial charge in [-0.25, -0.2) is 9.97 Å². The van der Waals surface area contributed by atoms with E-state index in [1.54, 1.807) is 11.8 Å². The van der Waals surface area contributed by atoms with Crippen LogP contribution in [0.4, 0.5) is 5.82 Å². The molecule has 1 aromatic carbocycles. The van der Waals surface area contributed by atoms with E-state index in [1.165, 1.54) is 10.5 Å². The zero-order valence-electron chi connectivity index (χ0n) is 11.8. The van der Waals surface area contributed by atoms with Crippen LogP contribution in [0.2, 0.25) is 0 Å². The van der Waals surface area contributed by atoms with Crippen molar-refractivity contribution in [2.45, 2.75) is 36.6 Å². The van der Waals surface area contributed by atoms with Crippen LogP contribution in [-0.2, 0) is 0 Å². The van der Waals surface area contributed by atoms with Crippen LogP contribution in [0.1, 0.15) is 31.2 Å². The van der Waals surface area contributed by atoms with Crippen molar-refractivity contribution in [1.82, 2.24) is 9.97 Å². The van der Waals surface area contributed by atoms with Crippen LogP contribution in [0.5, 0.6) is 0 Å². The minimum atomic E-state index is 0.324. The first-order valence-corrected chi connectivity index (χ1v) is 7.22. The molecule has 0 amide bonds. The molecule has 2 rings (SSSR count). The molecule has 0 aliphatic heterocycles. The Morgan fingerprint density at radius 3 is 2.53 bits per heavy atom. The molecule has 0 spiro atoms. The second-order valence-corrected chi connectivity index (χ2v) is 5.78. The van der Waals surface area contributed by atoms with Crippen molar-refractivity contribution < 1.29 is 0 Å². The maximum absolute atomic E-state index is 4.63. The minimum absolute atomic E-state index is 0.324. The molecule has 1 N–H and O–H groups in total. The molecule has 0 aliphatic rings. The molecular weight excluding hydrogens is 254 g/mol. The topological polar surface area (TPSA) is 37.8 Å². The molecule has 0 unspecified atom stereocenters. The minimum Gasteiger partial charge on any atom is -0.373 e. The van der Waals surface area contributed by atoms with Crippen molar-refractivity contribution in [3.05, 3.63) is 41.7 Å². The van der Waals surface area contributed by atoms with Crippen LogP contribution in [0.25, 0.3) is 0 Å². The van der Waals surface area contributed by atoms with Gasteiger partial charge in [-0.3, -0.25) is 0 Å². The number of rotatable bonds is 4. The van der Waals surface area contributed by atoms with Crippen LogP contribution in [0.3, 0.4) is 0 Å². The van der Waals surface area contributed by atoms with Gasteiger partial charge in [0.25, 0.3) is 0 Å². The second kappa shape index (κ2) is 6.06. The Kier molecular flexibility index (Phi) is 4.43. The molecule has 0 saturated carbocycles. The van der Waals surface area contributed by atoms with Crippen molar-refractivity contribution in [2.24, 2.45) is 0 Å². The predicted octanol–water partition coefficient (Wildman–Crippen LogP) is 4.10. The van der Waals surface area contributed by atoms with Gasteiger partial charge in [0.1, 0.15) is 16.7 Å². The van der Waals surface area contributed by atoms with E-state index in [0.717, 1.165) is 16.7 Å². The van der Waals surface area contributed by atoms with Gasteiger partial charge in [0, 0.05) is 23.9 Å². The van der Waals surface area contributed by atoms with Crippen molar-refractivity contribution in [3.63, 3.8) is 0 Å². The summed E-state index contributed by atoms with van der Waals surface area (Å²) in [6, 6.07) is 10.3. The van der Waals surface area contributed by atoms with E-state index in [-0.39, 0.29) is 0 Å². The average molecular weight is 273 g/mol. The van der Waals surface area contributed by atoms with Crippen LogP contribution in [-0.4, -0.2) is 17.0 Å². The zero-order valence-corrected chi connectivity index (χ0v) is 12.6. The van der Waals surface area contributed by atoms with E-state index in [2.05, 4.69) is 60.3 Å². The Morgan fingerprint density at radius 2 is 1.89 bits per heavy atom. The number of nitrogens with zero attached hydrogens (tertiary/aromatic N) is 2. The molecule has 0 fully saturated rings. The smallest absolute Gasteiger partial charge is 0.134 e. The summed E-state index contributed by atoms with van der Waals surface area (Å²) in [5.41, 5.74) is 1.27. The molecule has 0 saturated heterocycles. The molecule has 4 heteroatoms. The van der Waals surface area contributed by atoms with Gasteiger partial charge in [-0.2, -0.15) is 0 Å². The fourth-order valence-corrected chi connectivity index (χ4v) is 2.58.